The Bertz CT molecular complexity index is 706. The highest BCUT2D eigenvalue weighted by molar-refractivity contribution is 9.10. The summed E-state index contributed by atoms with van der Waals surface area (Å²) in [5.41, 5.74) is 0. The maximum absolute atomic E-state index is 12.4. The van der Waals surface area contributed by atoms with Crippen molar-refractivity contribution in [2.24, 2.45) is 0 Å². The van der Waals surface area contributed by atoms with E-state index in [-0.39, 0.29) is 12.0 Å². The van der Waals surface area contributed by atoms with Crippen LogP contribution >= 0.6 is 27.3 Å². The first kappa shape index (κ1) is 16.2. The fourth-order valence-electron chi connectivity index (χ4n) is 2.37. The first-order chi connectivity index (χ1) is 11.0. The molecule has 6 nitrogen and oxygen atoms in total. The van der Waals surface area contributed by atoms with E-state index in [1.807, 2.05) is 35.3 Å². The van der Waals surface area contributed by atoms with Crippen molar-refractivity contribution >= 4 is 39.0 Å². The number of rotatable bonds is 4. The molecule has 23 heavy (non-hydrogen) atoms. The minimum absolute atomic E-state index is 0.0472. The summed E-state index contributed by atoms with van der Waals surface area (Å²) in [7, 11) is 3.81. The Labute approximate surface area is 147 Å². The number of nitrogens with zero attached hydrogens (tertiary/aromatic N) is 4. The molecule has 2 aromatic heterocycles. The van der Waals surface area contributed by atoms with Gasteiger partial charge in [-0.05, 0) is 22.0 Å². The van der Waals surface area contributed by atoms with Gasteiger partial charge < -0.3 is 14.5 Å². The summed E-state index contributed by atoms with van der Waals surface area (Å²) in [6.07, 6.45) is 4.04. The summed E-state index contributed by atoms with van der Waals surface area (Å²) < 4.78 is 6.83. The number of carbonyl (C=O) groups is 1. The van der Waals surface area contributed by atoms with Crippen molar-refractivity contribution in [2.45, 2.75) is 12.5 Å². The van der Waals surface area contributed by atoms with Gasteiger partial charge in [0.05, 0.1) is 23.8 Å². The lowest BCUT2D eigenvalue weighted by Gasteiger charge is -2.17. The van der Waals surface area contributed by atoms with Gasteiger partial charge in [-0.3, -0.25) is 9.78 Å². The predicted octanol–water partition coefficient (Wildman–Crippen LogP) is 2.66. The zero-order valence-corrected chi connectivity index (χ0v) is 15.3. The van der Waals surface area contributed by atoms with Gasteiger partial charge in [0.25, 0.3) is 5.91 Å². The van der Waals surface area contributed by atoms with Gasteiger partial charge in [0.2, 0.25) is 5.88 Å². The molecule has 1 aliphatic rings. The molecule has 0 aliphatic carbocycles. The van der Waals surface area contributed by atoms with Gasteiger partial charge in [-0.15, -0.1) is 11.3 Å². The number of aromatic nitrogens is 2. The van der Waals surface area contributed by atoms with Crippen molar-refractivity contribution in [3.63, 3.8) is 0 Å². The van der Waals surface area contributed by atoms with Gasteiger partial charge in [-0.25, -0.2) is 0 Å². The van der Waals surface area contributed by atoms with Crippen LogP contribution in [0.5, 0.6) is 5.88 Å². The van der Waals surface area contributed by atoms with Crippen LogP contribution in [0.4, 0.5) is 5.82 Å². The Hall–Kier alpha value is -1.67. The van der Waals surface area contributed by atoms with Gasteiger partial charge in [0.1, 0.15) is 6.10 Å². The smallest absolute Gasteiger partial charge is 0.264 e. The number of halogens is 1. The number of anilines is 1. The molecule has 122 valence electrons. The number of thiophene rings is 1. The SMILES string of the molecule is CN(C)c1cncc(OC2CCN(C(=O)c3cc(Br)cs3)C2)n1. The molecule has 0 bridgehead atoms. The van der Waals surface area contributed by atoms with Crippen molar-refractivity contribution in [1.82, 2.24) is 14.9 Å². The Morgan fingerprint density at radius 2 is 2.30 bits per heavy atom. The van der Waals surface area contributed by atoms with Crippen LogP contribution in [0.1, 0.15) is 16.1 Å². The summed E-state index contributed by atoms with van der Waals surface area (Å²) >= 11 is 4.83. The standard InChI is InChI=1S/C15H17BrN4O2S/c1-19(2)13-6-17-7-14(18-13)22-11-3-4-20(8-11)15(21)12-5-10(16)9-23-12/h5-7,9,11H,3-4,8H2,1-2H3. The van der Waals surface area contributed by atoms with Crippen LogP contribution in [0.2, 0.25) is 0 Å². The Morgan fingerprint density at radius 3 is 3.00 bits per heavy atom. The molecule has 3 heterocycles. The number of hydrogen-bond donors (Lipinski definition) is 0. The molecule has 0 radical (unpaired) electrons. The van der Waals surface area contributed by atoms with E-state index in [1.165, 1.54) is 11.3 Å². The fourth-order valence-corrected chi connectivity index (χ4v) is 3.76. The molecule has 3 rings (SSSR count). The third kappa shape index (κ3) is 3.81. The maximum Gasteiger partial charge on any atom is 0.264 e. The summed E-state index contributed by atoms with van der Waals surface area (Å²) in [6.45, 7) is 1.27. The largest absolute Gasteiger partial charge is 0.471 e. The number of ether oxygens (including phenoxy) is 1. The zero-order valence-electron chi connectivity index (χ0n) is 12.9. The van der Waals surface area contributed by atoms with Crippen LogP contribution in [0, 0.1) is 0 Å². The molecule has 0 saturated carbocycles. The van der Waals surface area contributed by atoms with Crippen LogP contribution in [0.3, 0.4) is 0 Å². The van der Waals surface area contributed by atoms with Gasteiger partial charge in [0, 0.05) is 36.9 Å². The lowest BCUT2D eigenvalue weighted by atomic mass is 10.3. The summed E-state index contributed by atoms with van der Waals surface area (Å²) in [5.74, 6) is 1.30. The number of amides is 1. The van der Waals surface area contributed by atoms with Crippen molar-refractivity contribution in [3.8, 4) is 5.88 Å². The number of carbonyl (C=O) groups excluding carboxylic acids is 1. The molecule has 1 fully saturated rings. The van der Waals surface area contributed by atoms with E-state index >= 15 is 0 Å². The molecule has 0 spiro atoms. The zero-order chi connectivity index (χ0) is 16.4. The minimum atomic E-state index is -0.0472. The van der Waals surface area contributed by atoms with E-state index in [0.717, 1.165) is 21.6 Å². The Kier molecular flexibility index (Phi) is 4.82. The summed E-state index contributed by atoms with van der Waals surface area (Å²) in [5, 5.41) is 1.92. The third-order valence-electron chi connectivity index (χ3n) is 3.56. The van der Waals surface area contributed by atoms with E-state index in [0.29, 0.717) is 19.0 Å². The van der Waals surface area contributed by atoms with E-state index in [1.54, 1.807) is 12.4 Å². The lowest BCUT2D eigenvalue weighted by molar-refractivity contribution is 0.0776. The first-order valence-electron chi connectivity index (χ1n) is 7.22. The van der Waals surface area contributed by atoms with Crippen LogP contribution in [0.15, 0.2) is 28.3 Å². The average molecular weight is 397 g/mol. The third-order valence-corrected chi connectivity index (χ3v) is 5.23. The summed E-state index contributed by atoms with van der Waals surface area (Å²) in [6, 6.07) is 1.85. The molecule has 1 amide bonds. The molecule has 1 atom stereocenters. The van der Waals surface area contributed by atoms with Crippen LogP contribution in [-0.4, -0.2) is 54.1 Å². The molecule has 0 aromatic carbocycles. The fraction of sp³-hybridized carbons (Fsp3) is 0.400. The molecule has 1 aliphatic heterocycles. The normalized spacial score (nSPS) is 17.3. The van der Waals surface area contributed by atoms with E-state index in [4.69, 9.17) is 4.74 Å². The van der Waals surface area contributed by atoms with E-state index < -0.39 is 0 Å². The summed E-state index contributed by atoms with van der Waals surface area (Å²) in [4.78, 5) is 25.4. The Balaban J connectivity index is 1.62. The monoisotopic (exact) mass is 396 g/mol. The molecule has 1 saturated heterocycles. The highest BCUT2D eigenvalue weighted by Gasteiger charge is 2.29. The van der Waals surface area contributed by atoms with Gasteiger partial charge >= 0.3 is 0 Å². The highest BCUT2D eigenvalue weighted by Crippen LogP contribution is 2.24. The molecule has 2 aromatic rings. The van der Waals surface area contributed by atoms with Crippen molar-refractivity contribution in [2.75, 3.05) is 32.1 Å². The second-order valence-corrected chi connectivity index (χ2v) is 7.35. The second kappa shape index (κ2) is 6.84. The highest BCUT2D eigenvalue weighted by atomic mass is 79.9. The topological polar surface area (TPSA) is 58.6 Å². The van der Waals surface area contributed by atoms with Crippen molar-refractivity contribution in [1.29, 1.82) is 0 Å². The van der Waals surface area contributed by atoms with Gasteiger partial charge in [-0.1, -0.05) is 0 Å². The molecular formula is C15H17BrN4O2S. The molecular weight excluding hydrogens is 380 g/mol. The van der Waals surface area contributed by atoms with Gasteiger partial charge in [-0.2, -0.15) is 4.98 Å². The number of hydrogen-bond acceptors (Lipinski definition) is 6. The Morgan fingerprint density at radius 1 is 1.48 bits per heavy atom. The quantitative estimate of drug-likeness (QED) is 0.794. The van der Waals surface area contributed by atoms with E-state index in [2.05, 4.69) is 25.9 Å². The van der Waals surface area contributed by atoms with E-state index in [9.17, 15) is 4.79 Å². The minimum Gasteiger partial charge on any atom is -0.471 e. The van der Waals surface area contributed by atoms with Crippen molar-refractivity contribution in [3.05, 3.63) is 33.2 Å². The maximum atomic E-state index is 12.4. The molecule has 1 unspecified atom stereocenters. The lowest BCUT2D eigenvalue weighted by Crippen LogP contribution is -2.30. The molecule has 0 N–H and O–H groups in total. The molecule has 8 heteroatoms. The van der Waals surface area contributed by atoms with Crippen LogP contribution in [-0.2, 0) is 0 Å². The van der Waals surface area contributed by atoms with Crippen LogP contribution < -0.4 is 9.64 Å². The number of likely N-dealkylation sites (tertiary alicyclic amines) is 1. The van der Waals surface area contributed by atoms with Crippen LogP contribution in [0.25, 0.3) is 0 Å². The average Bonchev–Trinajstić information content (AvgIpc) is 3.16. The van der Waals surface area contributed by atoms with Crippen molar-refractivity contribution < 1.29 is 9.53 Å². The predicted molar refractivity (Wildman–Crippen MR) is 93.3 cm³/mol. The van der Waals surface area contributed by atoms with Gasteiger partial charge in [0.15, 0.2) is 5.82 Å². The first-order valence-corrected chi connectivity index (χ1v) is 8.89. The second-order valence-electron chi connectivity index (χ2n) is 5.52.